The van der Waals surface area contributed by atoms with Crippen molar-refractivity contribution in [2.45, 2.75) is 63.5 Å². The molecule has 0 bridgehead atoms. The Morgan fingerprint density at radius 1 is 0.958 bits per heavy atom. The molecule has 4 rings (SSSR count). The molecule has 0 radical (unpaired) electrons. The van der Waals surface area contributed by atoms with Crippen molar-refractivity contribution < 1.29 is 0 Å². The van der Waals surface area contributed by atoms with Crippen molar-refractivity contribution in [3.8, 4) is 0 Å². The summed E-state index contributed by atoms with van der Waals surface area (Å²) in [7, 11) is 0. The summed E-state index contributed by atoms with van der Waals surface area (Å²) in [6, 6.07) is 6.68. The molecule has 1 atom stereocenters. The van der Waals surface area contributed by atoms with Gasteiger partial charge in [-0.2, -0.15) is 0 Å². The van der Waals surface area contributed by atoms with Gasteiger partial charge in [0.05, 0.1) is 11.7 Å². The minimum absolute atomic E-state index is 0.0694. The number of rotatable bonds is 4. The molecule has 2 aliphatic rings. The Kier molecular flexibility index (Phi) is 4.83. The van der Waals surface area contributed by atoms with Crippen LogP contribution in [0, 0.1) is 0 Å². The van der Waals surface area contributed by atoms with E-state index in [1.54, 1.807) is 0 Å². The Bertz CT molecular complexity index is 626. The largest absolute Gasteiger partial charge is 0.288 e. The van der Waals surface area contributed by atoms with Crippen LogP contribution in [0.1, 0.15) is 75.0 Å². The molecule has 2 aromatic heterocycles. The molecule has 1 aliphatic carbocycles. The highest BCUT2D eigenvalue weighted by Crippen LogP contribution is 2.34. The first-order chi connectivity index (χ1) is 11.9. The van der Waals surface area contributed by atoms with Crippen LogP contribution >= 0.6 is 0 Å². The molecule has 0 N–H and O–H groups in total. The van der Waals surface area contributed by atoms with Crippen LogP contribution in [0.3, 0.4) is 0 Å². The van der Waals surface area contributed by atoms with Crippen molar-refractivity contribution in [3.05, 3.63) is 35.9 Å². The molecular weight excluding hydrogens is 300 g/mol. The average Bonchev–Trinajstić information content (AvgIpc) is 3.24. The highest BCUT2D eigenvalue weighted by molar-refractivity contribution is 5.17. The zero-order valence-corrected chi connectivity index (χ0v) is 14.2. The molecule has 1 aliphatic heterocycles. The SMILES string of the molecule is c1ccc([C@@H](c2nnnn2C2CCCC2)N2CCCCCC2)nc1. The van der Waals surface area contributed by atoms with E-state index < -0.39 is 0 Å². The summed E-state index contributed by atoms with van der Waals surface area (Å²) in [5.41, 5.74) is 1.06. The molecular formula is C18H26N6. The van der Waals surface area contributed by atoms with Crippen LogP contribution in [0.4, 0.5) is 0 Å². The number of aromatic nitrogens is 5. The van der Waals surface area contributed by atoms with Gasteiger partial charge in [-0.05, 0) is 61.3 Å². The highest BCUT2D eigenvalue weighted by atomic mass is 15.6. The third-order valence-electron chi connectivity index (χ3n) is 5.41. The van der Waals surface area contributed by atoms with Crippen LogP contribution in [-0.2, 0) is 0 Å². The molecule has 3 heterocycles. The van der Waals surface area contributed by atoms with Gasteiger partial charge in [0.2, 0.25) is 0 Å². The van der Waals surface area contributed by atoms with E-state index in [2.05, 4.69) is 42.2 Å². The van der Waals surface area contributed by atoms with Crippen molar-refractivity contribution in [2.75, 3.05) is 13.1 Å². The molecule has 24 heavy (non-hydrogen) atoms. The molecule has 6 heteroatoms. The maximum Gasteiger partial charge on any atom is 0.174 e. The molecule has 6 nitrogen and oxygen atoms in total. The zero-order valence-electron chi connectivity index (χ0n) is 14.2. The first kappa shape index (κ1) is 15.7. The van der Waals surface area contributed by atoms with E-state index in [0.29, 0.717) is 6.04 Å². The lowest BCUT2D eigenvalue weighted by molar-refractivity contribution is 0.213. The molecule has 1 saturated heterocycles. The van der Waals surface area contributed by atoms with Gasteiger partial charge in [-0.25, -0.2) is 4.68 Å². The quantitative estimate of drug-likeness (QED) is 0.864. The van der Waals surface area contributed by atoms with Gasteiger partial charge in [0.25, 0.3) is 0 Å². The van der Waals surface area contributed by atoms with Crippen LogP contribution in [0.15, 0.2) is 24.4 Å². The highest BCUT2D eigenvalue weighted by Gasteiger charge is 2.32. The number of pyridine rings is 1. The summed E-state index contributed by atoms with van der Waals surface area (Å²) in [5, 5.41) is 12.9. The van der Waals surface area contributed by atoms with E-state index in [1.807, 2.05) is 12.3 Å². The maximum absolute atomic E-state index is 4.66. The molecule has 2 aromatic rings. The third kappa shape index (κ3) is 3.20. The second-order valence-electron chi connectivity index (χ2n) is 7.03. The number of hydrogen-bond acceptors (Lipinski definition) is 5. The van der Waals surface area contributed by atoms with E-state index in [1.165, 1.54) is 51.4 Å². The second-order valence-corrected chi connectivity index (χ2v) is 7.03. The topological polar surface area (TPSA) is 59.7 Å². The zero-order chi connectivity index (χ0) is 16.2. The third-order valence-corrected chi connectivity index (χ3v) is 5.41. The van der Waals surface area contributed by atoms with Gasteiger partial charge in [0, 0.05) is 6.20 Å². The monoisotopic (exact) mass is 326 g/mol. The van der Waals surface area contributed by atoms with E-state index in [0.717, 1.165) is 24.6 Å². The standard InChI is InChI=1S/C18H26N6/c1-2-8-14-23(13-7-1)17(16-11-5-6-12-19-16)18-20-21-22-24(18)15-9-3-4-10-15/h5-6,11-12,15,17H,1-4,7-10,13-14H2/t17-/m0/s1. The number of hydrogen-bond donors (Lipinski definition) is 0. The fourth-order valence-corrected chi connectivity index (χ4v) is 4.16. The number of likely N-dealkylation sites (tertiary alicyclic amines) is 1. The maximum atomic E-state index is 4.66. The first-order valence-electron chi connectivity index (χ1n) is 9.36. The van der Waals surface area contributed by atoms with Gasteiger partial charge in [-0.1, -0.05) is 31.7 Å². The van der Waals surface area contributed by atoms with Crippen LogP contribution in [-0.4, -0.2) is 43.2 Å². The van der Waals surface area contributed by atoms with Gasteiger partial charge >= 0.3 is 0 Å². The summed E-state index contributed by atoms with van der Waals surface area (Å²) in [6.07, 6.45) is 11.9. The fourth-order valence-electron chi connectivity index (χ4n) is 4.16. The van der Waals surface area contributed by atoms with E-state index in [9.17, 15) is 0 Å². The summed E-state index contributed by atoms with van der Waals surface area (Å²) in [5.74, 6) is 0.975. The minimum Gasteiger partial charge on any atom is -0.288 e. The van der Waals surface area contributed by atoms with Crippen LogP contribution in [0.2, 0.25) is 0 Å². The predicted molar refractivity (Wildman–Crippen MR) is 91.4 cm³/mol. The van der Waals surface area contributed by atoms with Crippen molar-refractivity contribution >= 4 is 0 Å². The molecule has 128 valence electrons. The normalized spacial score (nSPS) is 21.7. The van der Waals surface area contributed by atoms with Crippen LogP contribution in [0.25, 0.3) is 0 Å². The van der Waals surface area contributed by atoms with Gasteiger partial charge < -0.3 is 0 Å². The van der Waals surface area contributed by atoms with Crippen LogP contribution < -0.4 is 0 Å². The number of tetrazole rings is 1. The Labute approximate surface area is 143 Å². The average molecular weight is 326 g/mol. The van der Waals surface area contributed by atoms with Gasteiger partial charge in [-0.3, -0.25) is 9.88 Å². The lowest BCUT2D eigenvalue weighted by atomic mass is 10.1. The van der Waals surface area contributed by atoms with Crippen LogP contribution in [0.5, 0.6) is 0 Å². The van der Waals surface area contributed by atoms with Gasteiger partial charge in [0.15, 0.2) is 5.82 Å². The Morgan fingerprint density at radius 2 is 1.75 bits per heavy atom. The first-order valence-corrected chi connectivity index (χ1v) is 9.36. The fraction of sp³-hybridized carbons (Fsp3) is 0.667. The molecule has 0 amide bonds. The Morgan fingerprint density at radius 3 is 2.46 bits per heavy atom. The predicted octanol–water partition coefficient (Wildman–Crippen LogP) is 3.15. The molecule has 0 spiro atoms. The Hall–Kier alpha value is -1.82. The van der Waals surface area contributed by atoms with Gasteiger partial charge in [-0.15, -0.1) is 5.10 Å². The number of nitrogens with zero attached hydrogens (tertiary/aromatic N) is 6. The van der Waals surface area contributed by atoms with Crippen molar-refractivity contribution in [1.29, 1.82) is 0 Å². The van der Waals surface area contributed by atoms with E-state index in [-0.39, 0.29) is 6.04 Å². The summed E-state index contributed by atoms with van der Waals surface area (Å²) in [4.78, 5) is 7.19. The van der Waals surface area contributed by atoms with Crippen molar-refractivity contribution in [2.24, 2.45) is 0 Å². The smallest absolute Gasteiger partial charge is 0.174 e. The summed E-state index contributed by atoms with van der Waals surface area (Å²) in [6.45, 7) is 2.19. The van der Waals surface area contributed by atoms with Crippen molar-refractivity contribution in [3.63, 3.8) is 0 Å². The molecule has 0 unspecified atom stereocenters. The lowest BCUT2D eigenvalue weighted by Gasteiger charge is -2.30. The summed E-state index contributed by atoms with van der Waals surface area (Å²) >= 11 is 0. The van der Waals surface area contributed by atoms with Crippen molar-refractivity contribution in [1.82, 2.24) is 30.1 Å². The Balaban J connectivity index is 1.71. The molecule has 1 saturated carbocycles. The molecule has 2 fully saturated rings. The molecule has 0 aromatic carbocycles. The minimum atomic E-state index is 0.0694. The lowest BCUT2D eigenvalue weighted by Crippen LogP contribution is -2.33. The summed E-state index contributed by atoms with van der Waals surface area (Å²) < 4.78 is 2.09. The van der Waals surface area contributed by atoms with E-state index in [4.69, 9.17) is 0 Å². The van der Waals surface area contributed by atoms with Gasteiger partial charge in [0.1, 0.15) is 6.04 Å². The van der Waals surface area contributed by atoms with E-state index >= 15 is 0 Å². The second kappa shape index (κ2) is 7.38.